The maximum atomic E-state index is 11.0. The lowest BCUT2D eigenvalue weighted by molar-refractivity contribution is -0.136. The number of carboxylic acids is 1. The van der Waals surface area contributed by atoms with Crippen molar-refractivity contribution in [3.05, 3.63) is 53.9 Å². The van der Waals surface area contributed by atoms with Crippen molar-refractivity contribution < 1.29 is 9.90 Å². The first-order chi connectivity index (χ1) is 10.6. The number of carboxylic acid groups (broad SMARTS) is 1. The lowest BCUT2D eigenvalue weighted by Gasteiger charge is -2.08. The van der Waals surface area contributed by atoms with E-state index in [4.69, 9.17) is 5.11 Å². The third-order valence-electron chi connectivity index (χ3n) is 3.24. The van der Waals surface area contributed by atoms with E-state index in [1.807, 2.05) is 37.3 Å². The van der Waals surface area contributed by atoms with Crippen LogP contribution in [0.2, 0.25) is 0 Å². The lowest BCUT2D eigenvalue weighted by Crippen LogP contribution is -2.12. The first kappa shape index (κ1) is 14.6. The number of allylic oxidation sites excluding steroid dienone is 1. The van der Waals surface area contributed by atoms with Gasteiger partial charge in [0.15, 0.2) is 0 Å². The lowest BCUT2D eigenvalue weighted by atomic mass is 10.2. The van der Waals surface area contributed by atoms with Gasteiger partial charge < -0.3 is 10.4 Å². The number of aliphatic carboxylic acids is 1. The Bertz CT molecular complexity index is 746. The molecule has 0 spiro atoms. The highest BCUT2D eigenvalue weighted by Gasteiger charge is 2.25. The SMILES string of the molecule is Cc1cccc(Nc2nccc(C3=CCC(C(=O)O)S3)n2)c1. The van der Waals surface area contributed by atoms with E-state index in [-0.39, 0.29) is 0 Å². The van der Waals surface area contributed by atoms with Gasteiger partial charge in [0.05, 0.1) is 5.69 Å². The predicted octanol–water partition coefficient (Wildman–Crippen LogP) is 3.46. The molecule has 112 valence electrons. The molecule has 2 N–H and O–H groups in total. The number of benzene rings is 1. The van der Waals surface area contributed by atoms with Crippen molar-refractivity contribution in [3.63, 3.8) is 0 Å². The fourth-order valence-electron chi connectivity index (χ4n) is 2.19. The number of rotatable bonds is 4. The molecule has 1 aromatic carbocycles. The number of aryl methyl sites for hydroxylation is 1. The van der Waals surface area contributed by atoms with Crippen molar-refractivity contribution in [1.82, 2.24) is 9.97 Å². The Morgan fingerprint density at radius 1 is 1.41 bits per heavy atom. The third-order valence-corrected chi connectivity index (χ3v) is 4.55. The highest BCUT2D eigenvalue weighted by Crippen LogP contribution is 2.38. The minimum atomic E-state index is -0.789. The van der Waals surface area contributed by atoms with Crippen LogP contribution in [-0.4, -0.2) is 26.3 Å². The molecule has 1 aromatic heterocycles. The maximum absolute atomic E-state index is 11.0. The summed E-state index contributed by atoms with van der Waals surface area (Å²) in [7, 11) is 0. The van der Waals surface area contributed by atoms with Gasteiger partial charge in [-0.05, 0) is 37.1 Å². The molecule has 0 saturated carbocycles. The Morgan fingerprint density at radius 3 is 3.00 bits per heavy atom. The molecular formula is C16H15N3O2S. The molecule has 2 aromatic rings. The summed E-state index contributed by atoms with van der Waals surface area (Å²) >= 11 is 1.33. The Hall–Kier alpha value is -2.34. The predicted molar refractivity (Wildman–Crippen MR) is 88.1 cm³/mol. The number of thioether (sulfide) groups is 1. The molecule has 3 rings (SSSR count). The molecule has 1 aliphatic rings. The van der Waals surface area contributed by atoms with Gasteiger partial charge in [0, 0.05) is 16.8 Å². The van der Waals surface area contributed by atoms with Gasteiger partial charge in [0.25, 0.3) is 0 Å². The molecule has 2 heterocycles. The number of aromatic nitrogens is 2. The van der Waals surface area contributed by atoms with Gasteiger partial charge in [0.1, 0.15) is 5.25 Å². The second-order valence-electron chi connectivity index (χ2n) is 5.01. The molecule has 0 radical (unpaired) electrons. The number of hydrogen-bond donors (Lipinski definition) is 2. The van der Waals surface area contributed by atoms with E-state index in [2.05, 4.69) is 15.3 Å². The van der Waals surface area contributed by atoms with Gasteiger partial charge >= 0.3 is 5.97 Å². The van der Waals surface area contributed by atoms with Crippen molar-refractivity contribution in [2.45, 2.75) is 18.6 Å². The molecule has 1 unspecified atom stereocenters. The number of nitrogens with zero attached hydrogens (tertiary/aromatic N) is 2. The second kappa shape index (κ2) is 6.19. The zero-order valence-electron chi connectivity index (χ0n) is 12.0. The molecule has 0 fully saturated rings. The standard InChI is InChI=1S/C16H15N3O2S/c1-10-3-2-4-11(9-10)18-16-17-8-7-12(19-16)13-5-6-14(22-13)15(20)21/h2-5,7-9,14H,6H2,1H3,(H,20,21)(H,17,18,19). The second-order valence-corrected chi connectivity index (χ2v) is 6.25. The molecule has 6 heteroatoms. The smallest absolute Gasteiger partial charge is 0.317 e. The molecule has 0 bridgehead atoms. The molecule has 0 aliphatic carbocycles. The third kappa shape index (κ3) is 3.28. The van der Waals surface area contributed by atoms with Crippen LogP contribution in [0.15, 0.2) is 42.6 Å². The van der Waals surface area contributed by atoms with Crippen LogP contribution < -0.4 is 5.32 Å². The Kier molecular flexibility index (Phi) is 4.11. The van der Waals surface area contributed by atoms with Gasteiger partial charge in [-0.1, -0.05) is 18.2 Å². The minimum Gasteiger partial charge on any atom is -0.480 e. The fraction of sp³-hybridized carbons (Fsp3) is 0.188. The van der Waals surface area contributed by atoms with Crippen molar-refractivity contribution in [2.24, 2.45) is 0 Å². The summed E-state index contributed by atoms with van der Waals surface area (Å²) in [5.74, 6) is -0.285. The molecule has 1 atom stereocenters. The summed E-state index contributed by atoms with van der Waals surface area (Å²) in [5.41, 5.74) is 2.83. The maximum Gasteiger partial charge on any atom is 0.317 e. The Morgan fingerprint density at radius 2 is 2.27 bits per heavy atom. The van der Waals surface area contributed by atoms with Crippen molar-refractivity contribution in [2.75, 3.05) is 5.32 Å². The van der Waals surface area contributed by atoms with E-state index >= 15 is 0 Å². The summed E-state index contributed by atoms with van der Waals surface area (Å²) < 4.78 is 0. The van der Waals surface area contributed by atoms with E-state index in [0.29, 0.717) is 12.4 Å². The summed E-state index contributed by atoms with van der Waals surface area (Å²) in [6.07, 6.45) is 4.12. The van der Waals surface area contributed by atoms with Gasteiger partial charge in [0.2, 0.25) is 5.95 Å². The van der Waals surface area contributed by atoms with Crippen LogP contribution in [0.1, 0.15) is 17.7 Å². The van der Waals surface area contributed by atoms with E-state index in [9.17, 15) is 4.79 Å². The largest absolute Gasteiger partial charge is 0.480 e. The van der Waals surface area contributed by atoms with Crippen LogP contribution in [0.4, 0.5) is 11.6 Å². The fourth-order valence-corrected chi connectivity index (χ4v) is 3.21. The summed E-state index contributed by atoms with van der Waals surface area (Å²) in [4.78, 5) is 20.6. The van der Waals surface area contributed by atoms with Gasteiger partial charge in [-0.2, -0.15) is 0 Å². The number of anilines is 2. The molecule has 0 amide bonds. The zero-order chi connectivity index (χ0) is 15.5. The van der Waals surface area contributed by atoms with Crippen molar-refractivity contribution in [3.8, 4) is 0 Å². The van der Waals surface area contributed by atoms with E-state index in [1.54, 1.807) is 12.3 Å². The normalized spacial score (nSPS) is 17.1. The number of hydrogen-bond acceptors (Lipinski definition) is 5. The molecular weight excluding hydrogens is 298 g/mol. The minimum absolute atomic E-state index is 0.418. The van der Waals surface area contributed by atoms with Crippen molar-refractivity contribution in [1.29, 1.82) is 0 Å². The van der Waals surface area contributed by atoms with Crippen LogP contribution >= 0.6 is 11.8 Å². The first-order valence-corrected chi connectivity index (χ1v) is 7.76. The van der Waals surface area contributed by atoms with Crippen molar-refractivity contribution >= 4 is 34.3 Å². The summed E-state index contributed by atoms with van der Waals surface area (Å²) in [5, 5.41) is 11.8. The van der Waals surface area contributed by atoms with Crippen LogP contribution in [0, 0.1) is 6.92 Å². The summed E-state index contributed by atoms with van der Waals surface area (Å²) in [6.45, 7) is 2.02. The average Bonchev–Trinajstić information content (AvgIpc) is 2.97. The zero-order valence-corrected chi connectivity index (χ0v) is 12.8. The molecule has 5 nitrogen and oxygen atoms in total. The highest BCUT2D eigenvalue weighted by molar-refractivity contribution is 8.09. The Labute approximate surface area is 132 Å². The van der Waals surface area contributed by atoms with E-state index < -0.39 is 11.2 Å². The highest BCUT2D eigenvalue weighted by atomic mass is 32.2. The summed E-state index contributed by atoms with van der Waals surface area (Å²) in [6, 6.07) is 9.75. The first-order valence-electron chi connectivity index (χ1n) is 6.88. The van der Waals surface area contributed by atoms with Crippen LogP contribution in [-0.2, 0) is 4.79 Å². The van der Waals surface area contributed by atoms with Gasteiger partial charge in [-0.25, -0.2) is 9.97 Å². The topological polar surface area (TPSA) is 75.1 Å². The quantitative estimate of drug-likeness (QED) is 0.900. The number of nitrogens with one attached hydrogen (secondary N) is 1. The van der Waals surface area contributed by atoms with E-state index in [0.717, 1.165) is 21.8 Å². The monoisotopic (exact) mass is 313 g/mol. The Balaban J connectivity index is 1.77. The number of carbonyl (C=O) groups is 1. The average molecular weight is 313 g/mol. The van der Waals surface area contributed by atoms with Crippen LogP contribution in [0.5, 0.6) is 0 Å². The van der Waals surface area contributed by atoms with Crippen LogP contribution in [0.25, 0.3) is 4.91 Å². The van der Waals surface area contributed by atoms with E-state index in [1.165, 1.54) is 11.8 Å². The molecule has 0 saturated heterocycles. The molecule has 22 heavy (non-hydrogen) atoms. The molecule has 1 aliphatic heterocycles. The van der Waals surface area contributed by atoms with Gasteiger partial charge in [-0.15, -0.1) is 11.8 Å². The van der Waals surface area contributed by atoms with Crippen LogP contribution in [0.3, 0.4) is 0 Å². The van der Waals surface area contributed by atoms with Gasteiger partial charge in [-0.3, -0.25) is 4.79 Å².